The number of aliphatic hydroxyl groups is 1. The lowest BCUT2D eigenvalue weighted by atomic mass is 10.0. The van der Waals surface area contributed by atoms with Crippen LogP contribution in [0.3, 0.4) is 0 Å². The van der Waals surface area contributed by atoms with Crippen molar-refractivity contribution in [3.05, 3.63) is 76.1 Å². The summed E-state index contributed by atoms with van der Waals surface area (Å²) in [7, 11) is 0. The number of carboxylic acid groups (broad SMARTS) is 1. The lowest BCUT2D eigenvalue weighted by Crippen LogP contribution is -2.58. The number of carbonyl (C=O) groups excluding carboxylic acids is 4. The smallest absolute Gasteiger partial charge is 0.408 e. The van der Waals surface area contributed by atoms with E-state index in [1.54, 1.807) is 70.2 Å². The minimum atomic E-state index is -1.48. The number of carbonyl (C=O) groups is 5. The highest BCUT2D eigenvalue weighted by Crippen LogP contribution is 2.21. The number of aliphatic carboxylic acids is 1. The number of carboxylic acids is 1. The molecule has 17 nitrogen and oxygen atoms in total. The first-order chi connectivity index (χ1) is 24.4. The summed E-state index contributed by atoms with van der Waals surface area (Å²) in [5.74, 6) is -3.22. The molecule has 3 atom stereocenters. The molecule has 0 aliphatic rings. The number of ether oxygens (including phenoxy) is 1. The summed E-state index contributed by atoms with van der Waals surface area (Å²) in [5.41, 5.74) is 11.4. The van der Waals surface area contributed by atoms with Crippen molar-refractivity contribution in [3.63, 3.8) is 0 Å². The molecular weight excluding hydrogens is 678 g/mol. The van der Waals surface area contributed by atoms with Crippen molar-refractivity contribution >= 4 is 52.4 Å². The molecule has 52 heavy (non-hydrogen) atoms. The number of aliphatic hydroxyl groups excluding tert-OH is 1. The van der Waals surface area contributed by atoms with E-state index in [9.17, 15) is 29.1 Å². The highest BCUT2D eigenvalue weighted by Gasteiger charge is 2.30. The Morgan fingerprint density at radius 2 is 1.52 bits per heavy atom. The number of fused-ring (bicyclic) bond motifs is 1. The number of nitrogens with one attached hydrogen (secondary N) is 4. The summed E-state index contributed by atoms with van der Waals surface area (Å²) in [6.07, 6.45) is -0.410. The third kappa shape index (κ3) is 15.3. The first kappa shape index (κ1) is 42.2. The van der Waals surface area contributed by atoms with E-state index in [0.29, 0.717) is 16.6 Å². The van der Waals surface area contributed by atoms with Crippen molar-refractivity contribution in [1.82, 2.24) is 16.0 Å². The van der Waals surface area contributed by atoms with Gasteiger partial charge in [-0.05, 0) is 63.8 Å². The van der Waals surface area contributed by atoms with Gasteiger partial charge >= 0.3 is 11.7 Å². The van der Waals surface area contributed by atoms with E-state index in [-0.39, 0.29) is 37.3 Å². The van der Waals surface area contributed by atoms with Crippen LogP contribution in [-0.2, 0) is 30.3 Å². The van der Waals surface area contributed by atoms with Gasteiger partial charge in [0.2, 0.25) is 17.7 Å². The second-order valence-corrected chi connectivity index (χ2v) is 12.6. The molecule has 1 heterocycles. The number of amides is 4. The molecule has 0 aliphatic carbocycles. The fourth-order valence-corrected chi connectivity index (χ4v) is 4.65. The maximum atomic E-state index is 13.4. The van der Waals surface area contributed by atoms with Gasteiger partial charge in [-0.3, -0.25) is 24.2 Å². The molecule has 1 aromatic heterocycles. The van der Waals surface area contributed by atoms with E-state index in [0.717, 1.165) is 12.5 Å². The molecular formula is C35H47N7O10. The van der Waals surface area contributed by atoms with Crippen LogP contribution in [-0.4, -0.2) is 82.8 Å². The highest BCUT2D eigenvalue weighted by molar-refractivity contribution is 6.00. The summed E-state index contributed by atoms with van der Waals surface area (Å²) in [5, 5.41) is 28.5. The second kappa shape index (κ2) is 20.0. The SMILES string of the molecule is CC(=O)O.Cc1cc(=O)oc2cc(NC(=O)[C@H](CCCN=C(N)N)NC(=O)[C@H](CO)NC(=O)[C@H](Cc3ccccc3)NC(=O)OC(C)(C)C)ccc12. The van der Waals surface area contributed by atoms with Crippen molar-refractivity contribution < 1.29 is 43.3 Å². The number of hydrogen-bond donors (Lipinski definition) is 8. The van der Waals surface area contributed by atoms with Crippen molar-refractivity contribution in [2.75, 3.05) is 18.5 Å². The first-order valence-corrected chi connectivity index (χ1v) is 16.2. The second-order valence-electron chi connectivity index (χ2n) is 12.6. The molecule has 0 unspecified atom stereocenters. The standard InChI is InChI=1S/C33H43N7O8.C2H4O2/c1-19-15-27(42)47-26-17-21(12-13-22(19)26)37-28(43)23(11-8-14-36-31(34)35)38-30(45)25(18-41)39-29(44)24(16-20-9-6-5-7-10-20)40-32(46)48-33(2,3)4;1-2(3)4/h5-7,9-10,12-13,15,17,23-25,41H,8,11,14,16,18H2,1-4H3,(H,37,43)(H,38,45)(H,39,44)(H,40,46)(H4,34,35,36);1H3,(H,3,4)/t23-,24-,25-;/m0./s1. The fourth-order valence-electron chi connectivity index (χ4n) is 4.65. The number of nitrogens with zero attached hydrogens (tertiary/aromatic N) is 1. The largest absolute Gasteiger partial charge is 0.481 e. The van der Waals surface area contributed by atoms with Crippen molar-refractivity contribution in [1.29, 1.82) is 0 Å². The molecule has 0 saturated heterocycles. The third-order valence-corrected chi connectivity index (χ3v) is 6.90. The van der Waals surface area contributed by atoms with Crippen molar-refractivity contribution in [2.24, 2.45) is 16.5 Å². The number of guanidine groups is 1. The minimum absolute atomic E-state index is 0.0624. The van der Waals surface area contributed by atoms with Crippen LogP contribution in [0.25, 0.3) is 11.0 Å². The Morgan fingerprint density at radius 3 is 2.12 bits per heavy atom. The average molecular weight is 726 g/mol. The number of anilines is 1. The zero-order valence-corrected chi connectivity index (χ0v) is 29.7. The maximum Gasteiger partial charge on any atom is 0.408 e. The van der Waals surface area contributed by atoms with Crippen molar-refractivity contribution in [2.45, 2.75) is 77.6 Å². The van der Waals surface area contributed by atoms with Gasteiger partial charge in [0.1, 0.15) is 29.3 Å². The Hall–Kier alpha value is -5.97. The molecule has 4 amide bonds. The minimum Gasteiger partial charge on any atom is -0.481 e. The van der Waals surface area contributed by atoms with Gasteiger partial charge in [-0.15, -0.1) is 0 Å². The van der Waals surface area contributed by atoms with Crippen LogP contribution in [0.1, 0.15) is 51.7 Å². The van der Waals surface area contributed by atoms with Gasteiger partial charge in [-0.1, -0.05) is 30.3 Å². The molecule has 0 fully saturated rings. The molecule has 0 spiro atoms. The van der Waals surface area contributed by atoms with E-state index in [2.05, 4.69) is 26.3 Å². The lowest BCUT2D eigenvalue weighted by Gasteiger charge is -2.26. The van der Waals surface area contributed by atoms with Gasteiger partial charge in [0.15, 0.2) is 5.96 Å². The Labute approximate surface area is 300 Å². The molecule has 0 radical (unpaired) electrons. The van der Waals surface area contributed by atoms with Gasteiger partial charge in [0.05, 0.1) is 6.61 Å². The number of aryl methyl sites for hydroxylation is 1. The van der Waals surface area contributed by atoms with Crippen molar-refractivity contribution in [3.8, 4) is 0 Å². The summed E-state index contributed by atoms with van der Waals surface area (Å²) in [4.78, 5) is 77.5. The van der Waals surface area contributed by atoms with Gasteiger partial charge in [0, 0.05) is 43.1 Å². The number of nitrogens with two attached hydrogens (primary N) is 2. The highest BCUT2D eigenvalue weighted by atomic mass is 16.6. The Bertz CT molecular complexity index is 1780. The monoisotopic (exact) mass is 725 g/mol. The molecule has 3 aromatic rings. The molecule has 282 valence electrons. The number of benzene rings is 2. The van der Waals surface area contributed by atoms with E-state index in [4.69, 9.17) is 30.5 Å². The summed E-state index contributed by atoms with van der Waals surface area (Å²) < 4.78 is 10.6. The van der Waals surface area contributed by atoms with Crippen LogP contribution in [0.2, 0.25) is 0 Å². The fraction of sp³-hybridized carbons (Fsp3) is 0.400. The molecule has 17 heteroatoms. The molecule has 10 N–H and O–H groups in total. The van der Waals surface area contributed by atoms with Crippen LogP contribution in [0.15, 0.2) is 68.8 Å². The normalized spacial score (nSPS) is 12.5. The summed E-state index contributed by atoms with van der Waals surface area (Å²) in [6.45, 7) is 7.22. The van der Waals surface area contributed by atoms with Crippen LogP contribution < -0.4 is 38.4 Å². The van der Waals surface area contributed by atoms with Crippen LogP contribution in [0.4, 0.5) is 10.5 Å². The predicted molar refractivity (Wildman–Crippen MR) is 193 cm³/mol. The Kier molecular flexibility index (Phi) is 16.2. The summed E-state index contributed by atoms with van der Waals surface area (Å²) in [6, 6.07) is 11.2. The van der Waals surface area contributed by atoms with Gasteiger partial charge < -0.3 is 52.1 Å². The van der Waals surface area contributed by atoms with E-state index in [1.165, 1.54) is 12.1 Å². The third-order valence-electron chi connectivity index (χ3n) is 6.90. The maximum absolute atomic E-state index is 13.4. The zero-order valence-electron chi connectivity index (χ0n) is 29.7. The zero-order chi connectivity index (χ0) is 39.0. The first-order valence-electron chi connectivity index (χ1n) is 16.2. The van der Waals surface area contributed by atoms with Gasteiger partial charge in [-0.25, -0.2) is 9.59 Å². The topological polar surface area (TPSA) is 278 Å². The Balaban J connectivity index is 0.00000222. The van der Waals surface area contributed by atoms with E-state index >= 15 is 0 Å². The predicted octanol–water partition coefficient (Wildman–Crippen LogP) is 1.28. The number of rotatable bonds is 14. The Morgan fingerprint density at radius 1 is 0.904 bits per heavy atom. The number of alkyl carbamates (subject to hydrolysis) is 1. The number of hydrogen-bond acceptors (Lipinski definition) is 10. The molecule has 0 bridgehead atoms. The van der Waals surface area contributed by atoms with Crippen LogP contribution in [0, 0.1) is 6.92 Å². The van der Waals surface area contributed by atoms with E-state index < -0.39 is 65.7 Å². The summed E-state index contributed by atoms with van der Waals surface area (Å²) >= 11 is 0. The quantitative estimate of drug-likeness (QED) is 0.0505. The van der Waals surface area contributed by atoms with Gasteiger partial charge in [0.25, 0.3) is 5.97 Å². The number of aliphatic imine (C=N–C) groups is 1. The van der Waals surface area contributed by atoms with Gasteiger partial charge in [-0.2, -0.15) is 0 Å². The van der Waals surface area contributed by atoms with Crippen LogP contribution in [0.5, 0.6) is 0 Å². The average Bonchev–Trinajstić information content (AvgIpc) is 3.03. The molecule has 3 rings (SSSR count). The molecule has 2 aromatic carbocycles. The van der Waals surface area contributed by atoms with E-state index in [1.807, 2.05) is 0 Å². The molecule has 0 saturated carbocycles. The van der Waals surface area contributed by atoms with Crippen LogP contribution >= 0.6 is 0 Å². The lowest BCUT2D eigenvalue weighted by molar-refractivity contribution is -0.134. The molecule has 0 aliphatic heterocycles.